The molecule has 1 aliphatic heterocycles. The number of likely N-dealkylation sites (N-methyl/N-ethyl adjacent to an activating group) is 1. The maximum absolute atomic E-state index is 14.1. The fourth-order valence-corrected chi connectivity index (χ4v) is 7.57. The SMILES string of the molecule is Cc1ccc(C(=O)Cc2ccc(CN3CCN(C)CC3)c(C(F)(F)F)c2)cc1C12CC(c3cnc4cccnn34)(C1)C2. The van der Waals surface area contributed by atoms with Gasteiger partial charge in [0.1, 0.15) is 0 Å². The number of fused-ring (bicyclic) bond motifs is 1. The summed E-state index contributed by atoms with van der Waals surface area (Å²) in [6.45, 7) is 5.48. The van der Waals surface area contributed by atoms with E-state index in [1.807, 2.05) is 48.1 Å². The normalized spacial score (nSPS) is 24.4. The molecule has 0 N–H and O–H groups in total. The number of Topliss-reactive ketones (excluding diaryl/α,β-unsaturated/α-hetero) is 1. The minimum Gasteiger partial charge on any atom is -0.304 e. The molecule has 3 aliphatic carbocycles. The lowest BCUT2D eigenvalue weighted by Crippen LogP contribution is -2.67. The number of halogens is 3. The van der Waals surface area contributed by atoms with E-state index in [0.717, 1.165) is 62.3 Å². The molecule has 4 aliphatic rings. The molecular formula is C33H34F3N5O. The van der Waals surface area contributed by atoms with Gasteiger partial charge in [0.05, 0.1) is 17.5 Å². The Balaban J connectivity index is 1.08. The van der Waals surface area contributed by atoms with Crippen LogP contribution in [0, 0.1) is 6.92 Å². The van der Waals surface area contributed by atoms with E-state index in [1.165, 1.54) is 11.6 Å². The lowest BCUT2D eigenvalue weighted by Gasteiger charge is -2.71. The molecule has 218 valence electrons. The van der Waals surface area contributed by atoms with E-state index in [-0.39, 0.29) is 35.1 Å². The average molecular weight is 574 g/mol. The summed E-state index contributed by atoms with van der Waals surface area (Å²) in [6, 6.07) is 14.0. The molecule has 1 saturated heterocycles. The first-order chi connectivity index (χ1) is 20.1. The first-order valence-corrected chi connectivity index (χ1v) is 14.6. The molecule has 0 atom stereocenters. The summed E-state index contributed by atoms with van der Waals surface area (Å²) in [4.78, 5) is 22.2. The Morgan fingerprint density at radius 2 is 1.74 bits per heavy atom. The van der Waals surface area contributed by atoms with Gasteiger partial charge in [-0.15, -0.1) is 0 Å². The van der Waals surface area contributed by atoms with Gasteiger partial charge in [0, 0.05) is 56.3 Å². The Morgan fingerprint density at radius 3 is 2.48 bits per heavy atom. The van der Waals surface area contributed by atoms with Crippen LogP contribution in [0.5, 0.6) is 0 Å². The zero-order valence-corrected chi connectivity index (χ0v) is 23.9. The summed E-state index contributed by atoms with van der Waals surface area (Å²) < 4.78 is 44.2. The molecule has 9 heteroatoms. The highest BCUT2D eigenvalue weighted by atomic mass is 19.4. The van der Waals surface area contributed by atoms with E-state index in [9.17, 15) is 18.0 Å². The van der Waals surface area contributed by atoms with Gasteiger partial charge in [-0.25, -0.2) is 9.50 Å². The molecule has 4 fully saturated rings. The number of nitrogens with zero attached hydrogens (tertiary/aromatic N) is 5. The quantitative estimate of drug-likeness (QED) is 0.270. The number of benzene rings is 2. The van der Waals surface area contributed by atoms with Gasteiger partial charge in [0.2, 0.25) is 0 Å². The van der Waals surface area contributed by atoms with E-state index in [4.69, 9.17) is 0 Å². The van der Waals surface area contributed by atoms with Crippen LogP contribution in [0.2, 0.25) is 0 Å². The van der Waals surface area contributed by atoms with Crippen molar-refractivity contribution in [2.24, 2.45) is 0 Å². The summed E-state index contributed by atoms with van der Waals surface area (Å²) in [5, 5.41) is 4.50. The van der Waals surface area contributed by atoms with Gasteiger partial charge in [-0.2, -0.15) is 18.3 Å². The summed E-state index contributed by atoms with van der Waals surface area (Å²) in [7, 11) is 2.02. The van der Waals surface area contributed by atoms with Crippen molar-refractivity contribution in [3.8, 4) is 0 Å². The molecule has 0 unspecified atom stereocenters. The molecule has 2 aromatic carbocycles. The third-order valence-electron chi connectivity index (χ3n) is 9.82. The number of aromatic nitrogens is 3. The van der Waals surface area contributed by atoms with Crippen molar-refractivity contribution in [3.05, 3.63) is 100.0 Å². The largest absolute Gasteiger partial charge is 0.416 e. The zero-order valence-electron chi connectivity index (χ0n) is 23.9. The van der Waals surface area contributed by atoms with Crippen molar-refractivity contribution in [1.29, 1.82) is 0 Å². The first kappa shape index (κ1) is 27.3. The van der Waals surface area contributed by atoms with Crippen molar-refractivity contribution in [1.82, 2.24) is 24.4 Å². The average Bonchev–Trinajstić information content (AvgIpc) is 3.34. The summed E-state index contributed by atoms with van der Waals surface area (Å²) in [5.74, 6) is -0.163. The number of piperazine rings is 1. The minimum absolute atomic E-state index is 0.0215. The molecule has 2 bridgehead atoms. The predicted octanol–water partition coefficient (Wildman–Crippen LogP) is 5.60. The fourth-order valence-electron chi connectivity index (χ4n) is 7.57. The monoisotopic (exact) mass is 573 g/mol. The smallest absolute Gasteiger partial charge is 0.304 e. The van der Waals surface area contributed by atoms with Crippen LogP contribution in [-0.4, -0.2) is 63.4 Å². The van der Waals surface area contributed by atoms with Gasteiger partial charge in [-0.05, 0) is 85.2 Å². The number of hydrogen-bond donors (Lipinski definition) is 0. The van der Waals surface area contributed by atoms with Crippen molar-refractivity contribution in [2.45, 2.75) is 56.2 Å². The molecule has 0 spiro atoms. The molecule has 0 radical (unpaired) electrons. The number of rotatable bonds is 7. The third kappa shape index (κ3) is 4.54. The van der Waals surface area contributed by atoms with Crippen molar-refractivity contribution < 1.29 is 18.0 Å². The lowest BCUT2D eigenvalue weighted by molar-refractivity contribution is -0.138. The number of carbonyl (C=O) groups is 1. The van der Waals surface area contributed by atoms with Crippen LogP contribution in [0.1, 0.15) is 63.1 Å². The van der Waals surface area contributed by atoms with Crippen LogP contribution < -0.4 is 0 Å². The molecule has 8 rings (SSSR count). The maximum Gasteiger partial charge on any atom is 0.416 e. The van der Waals surface area contributed by atoms with Crippen molar-refractivity contribution in [2.75, 3.05) is 33.2 Å². The standard InChI is InChI=1S/C33H34F3N5O/c1-22-5-7-24(16-26(22)31-19-32(20-31,21-31)29-17-37-30-4-3-9-38-41(29)30)28(42)15-23-6-8-25(27(14-23)33(34,35)36)18-40-12-10-39(2)11-13-40/h3-9,14,16-17H,10-13,15,18-21H2,1-2H3. The second-order valence-corrected chi connectivity index (χ2v) is 12.7. The van der Waals surface area contributed by atoms with E-state index < -0.39 is 11.7 Å². The van der Waals surface area contributed by atoms with E-state index in [2.05, 4.69) is 26.8 Å². The predicted molar refractivity (Wildman–Crippen MR) is 154 cm³/mol. The van der Waals surface area contributed by atoms with Gasteiger partial charge in [0.15, 0.2) is 11.4 Å². The molecule has 42 heavy (non-hydrogen) atoms. The van der Waals surface area contributed by atoms with Gasteiger partial charge in [0.25, 0.3) is 0 Å². The Morgan fingerprint density at radius 1 is 0.976 bits per heavy atom. The topological polar surface area (TPSA) is 53.7 Å². The van der Waals surface area contributed by atoms with E-state index in [0.29, 0.717) is 11.1 Å². The number of aryl methyl sites for hydroxylation is 1. The molecule has 0 amide bonds. The Labute approximate surface area is 243 Å². The summed E-state index contributed by atoms with van der Waals surface area (Å²) in [6.07, 6.45) is 2.10. The highest BCUT2D eigenvalue weighted by molar-refractivity contribution is 5.98. The maximum atomic E-state index is 14.1. The Kier molecular flexibility index (Phi) is 6.33. The van der Waals surface area contributed by atoms with Crippen molar-refractivity contribution in [3.63, 3.8) is 0 Å². The van der Waals surface area contributed by atoms with Gasteiger partial charge in [-0.3, -0.25) is 9.69 Å². The number of imidazole rings is 1. The fraction of sp³-hybridized carbons (Fsp3) is 0.424. The Hall–Kier alpha value is -3.56. The van der Waals surface area contributed by atoms with Crippen LogP contribution in [0.25, 0.3) is 5.65 Å². The first-order valence-electron chi connectivity index (χ1n) is 14.6. The van der Waals surface area contributed by atoms with Gasteiger partial charge < -0.3 is 4.90 Å². The van der Waals surface area contributed by atoms with Crippen LogP contribution in [0.15, 0.2) is 60.9 Å². The van der Waals surface area contributed by atoms with E-state index >= 15 is 0 Å². The Bertz CT molecular complexity index is 1660. The molecule has 3 heterocycles. The lowest BCUT2D eigenvalue weighted by atomic mass is 9.32. The van der Waals surface area contributed by atoms with Crippen LogP contribution in [0.4, 0.5) is 13.2 Å². The van der Waals surface area contributed by atoms with Gasteiger partial charge >= 0.3 is 6.18 Å². The van der Waals surface area contributed by atoms with Gasteiger partial charge in [-0.1, -0.05) is 24.3 Å². The minimum atomic E-state index is -4.48. The molecular weight excluding hydrogens is 539 g/mol. The molecule has 2 aromatic heterocycles. The second-order valence-electron chi connectivity index (χ2n) is 12.7. The number of alkyl halides is 3. The second kappa shape index (κ2) is 9.74. The number of carbonyl (C=O) groups excluding carboxylic acids is 1. The highest BCUT2D eigenvalue weighted by Gasteiger charge is 2.70. The zero-order chi connectivity index (χ0) is 29.3. The summed E-state index contributed by atoms with van der Waals surface area (Å²) in [5.41, 5.74) is 4.95. The summed E-state index contributed by atoms with van der Waals surface area (Å²) >= 11 is 0. The van der Waals surface area contributed by atoms with Crippen LogP contribution in [-0.2, 0) is 30.0 Å². The molecule has 3 saturated carbocycles. The number of ketones is 1. The van der Waals surface area contributed by atoms with Crippen LogP contribution >= 0.6 is 0 Å². The molecule has 4 aromatic rings. The number of hydrogen-bond acceptors (Lipinski definition) is 5. The van der Waals surface area contributed by atoms with Crippen molar-refractivity contribution >= 4 is 11.4 Å². The van der Waals surface area contributed by atoms with Crippen LogP contribution in [0.3, 0.4) is 0 Å². The van der Waals surface area contributed by atoms with E-state index in [1.54, 1.807) is 18.3 Å². The molecule has 6 nitrogen and oxygen atoms in total. The third-order valence-corrected chi connectivity index (χ3v) is 9.82. The highest BCUT2D eigenvalue weighted by Crippen LogP contribution is 2.74.